The summed E-state index contributed by atoms with van der Waals surface area (Å²) in [5, 5.41) is 2.58. The number of aryl methyl sites for hydroxylation is 1. The summed E-state index contributed by atoms with van der Waals surface area (Å²) in [4.78, 5) is 69.5. The Kier molecular flexibility index (Phi) is 7.48. The number of pyridine rings is 1. The van der Waals surface area contributed by atoms with E-state index in [2.05, 4.69) is 15.3 Å². The Morgan fingerprint density at radius 3 is 2.14 bits per heavy atom. The Balaban J connectivity index is 2.21. The number of ether oxygens (including phenoxy) is 2. The molecule has 0 spiro atoms. The average Bonchev–Trinajstić information content (AvgIpc) is 2.84. The first-order valence-corrected chi connectivity index (χ1v) is 10.9. The Morgan fingerprint density at radius 1 is 1.03 bits per heavy atom. The minimum absolute atomic E-state index is 0.00658. The van der Waals surface area contributed by atoms with Crippen molar-refractivity contribution >= 4 is 34.6 Å². The first kappa shape index (κ1) is 25.3. The molecule has 0 fully saturated rings. The number of rotatable bonds is 7. The molecular formula is C24H26N4O7. The van der Waals surface area contributed by atoms with Crippen molar-refractivity contribution in [1.29, 1.82) is 0 Å². The van der Waals surface area contributed by atoms with Crippen molar-refractivity contribution in [1.82, 2.24) is 14.5 Å². The van der Waals surface area contributed by atoms with Crippen LogP contribution in [-0.4, -0.2) is 46.6 Å². The predicted molar refractivity (Wildman–Crippen MR) is 128 cm³/mol. The fourth-order valence-corrected chi connectivity index (χ4v) is 3.57. The topological polar surface area (TPSA) is 149 Å². The molecule has 11 nitrogen and oxygen atoms in total. The van der Waals surface area contributed by atoms with E-state index < -0.39 is 29.1 Å². The first-order valence-electron chi connectivity index (χ1n) is 10.9. The molecule has 3 rings (SSSR count). The fraction of sp³-hybridized carbons (Fsp3) is 0.333. The number of methoxy groups -OCH3 is 2. The van der Waals surface area contributed by atoms with Crippen LogP contribution in [0.3, 0.4) is 0 Å². The second kappa shape index (κ2) is 10.3. The van der Waals surface area contributed by atoms with Crippen LogP contribution in [0.1, 0.15) is 69.9 Å². The van der Waals surface area contributed by atoms with Crippen LogP contribution in [0, 0.1) is 0 Å². The van der Waals surface area contributed by atoms with E-state index >= 15 is 0 Å². The van der Waals surface area contributed by atoms with Crippen molar-refractivity contribution in [3.05, 3.63) is 67.5 Å². The maximum atomic E-state index is 13.4. The fourth-order valence-electron chi connectivity index (χ4n) is 3.57. The highest BCUT2D eigenvalue weighted by Crippen LogP contribution is 2.22. The number of hydrogen-bond acceptors (Lipinski definition) is 8. The Morgan fingerprint density at radius 2 is 1.63 bits per heavy atom. The number of carbonyl (C=O) groups is 3. The summed E-state index contributed by atoms with van der Waals surface area (Å²) in [6.45, 7) is 5.91. The van der Waals surface area contributed by atoms with Crippen LogP contribution in [0.25, 0.3) is 11.0 Å². The van der Waals surface area contributed by atoms with E-state index in [-0.39, 0.29) is 39.3 Å². The average molecular weight is 482 g/mol. The molecule has 184 valence electrons. The van der Waals surface area contributed by atoms with Gasteiger partial charge in [-0.15, -0.1) is 0 Å². The molecule has 0 radical (unpaired) electrons. The van der Waals surface area contributed by atoms with Gasteiger partial charge in [0, 0.05) is 17.9 Å². The number of carbonyl (C=O) groups excluding carboxylic acids is 3. The smallest absolute Gasteiger partial charge is 0.337 e. The van der Waals surface area contributed by atoms with E-state index in [1.54, 1.807) is 0 Å². The third-order valence-electron chi connectivity index (χ3n) is 5.28. The van der Waals surface area contributed by atoms with Gasteiger partial charge in [0.1, 0.15) is 0 Å². The molecule has 0 aliphatic carbocycles. The van der Waals surface area contributed by atoms with Gasteiger partial charge in [-0.25, -0.2) is 19.4 Å². The third kappa shape index (κ3) is 5.13. The summed E-state index contributed by atoms with van der Waals surface area (Å²) in [5.41, 5.74) is -0.612. The van der Waals surface area contributed by atoms with Crippen molar-refractivity contribution in [2.45, 2.75) is 39.7 Å². The zero-order valence-electron chi connectivity index (χ0n) is 20.1. The van der Waals surface area contributed by atoms with Gasteiger partial charge in [0.05, 0.1) is 36.3 Å². The minimum Gasteiger partial charge on any atom is -0.465 e. The number of esters is 2. The molecular weight excluding hydrogens is 456 g/mol. The monoisotopic (exact) mass is 482 g/mol. The normalized spacial score (nSPS) is 10.9. The lowest BCUT2D eigenvalue weighted by atomic mass is 10.0. The van der Waals surface area contributed by atoms with Gasteiger partial charge in [-0.3, -0.25) is 19.1 Å². The van der Waals surface area contributed by atoms with E-state index in [0.717, 1.165) is 0 Å². The number of benzene rings is 1. The Bertz CT molecular complexity index is 1400. The van der Waals surface area contributed by atoms with Crippen LogP contribution in [0.4, 0.5) is 5.69 Å². The maximum Gasteiger partial charge on any atom is 0.337 e. The van der Waals surface area contributed by atoms with Crippen LogP contribution in [0.2, 0.25) is 0 Å². The molecule has 1 aromatic carbocycles. The number of hydrogen-bond donors (Lipinski definition) is 2. The molecule has 2 heterocycles. The van der Waals surface area contributed by atoms with Crippen molar-refractivity contribution in [2.75, 3.05) is 19.5 Å². The number of H-pyrrole nitrogens is 1. The van der Waals surface area contributed by atoms with Crippen molar-refractivity contribution in [3.63, 3.8) is 0 Å². The van der Waals surface area contributed by atoms with E-state index in [0.29, 0.717) is 18.7 Å². The molecule has 11 heteroatoms. The summed E-state index contributed by atoms with van der Waals surface area (Å²) in [7, 11) is 2.37. The van der Waals surface area contributed by atoms with E-state index in [1.807, 2.05) is 20.8 Å². The van der Waals surface area contributed by atoms with Crippen LogP contribution >= 0.6 is 0 Å². The molecule has 2 aromatic heterocycles. The highest BCUT2D eigenvalue weighted by Gasteiger charge is 2.22. The standard InChI is InChI=1S/C24H26N4O7/c1-6-7-28-19-18(21(30)27-24(28)33)16(11-17(26-19)12(2)3)20(29)25-15-9-13(22(31)34-4)8-14(10-15)23(32)35-5/h8-12H,6-7H2,1-5H3,(H,25,29)(H,27,30,33). The Hall–Kier alpha value is -4.28. The Labute approximate surface area is 200 Å². The van der Waals surface area contributed by atoms with Gasteiger partial charge in [-0.1, -0.05) is 20.8 Å². The lowest BCUT2D eigenvalue weighted by Gasteiger charge is -2.15. The molecule has 0 saturated carbocycles. The summed E-state index contributed by atoms with van der Waals surface area (Å²) >= 11 is 0. The SMILES string of the molecule is CCCn1c(=O)[nH]c(=O)c2c(C(=O)Nc3cc(C(=O)OC)cc(C(=O)OC)c3)cc(C(C)C)nc21. The van der Waals surface area contributed by atoms with Crippen LogP contribution in [0.15, 0.2) is 33.9 Å². The quantitative estimate of drug-likeness (QED) is 0.488. The lowest BCUT2D eigenvalue weighted by Crippen LogP contribution is -2.32. The van der Waals surface area contributed by atoms with Gasteiger partial charge in [-0.2, -0.15) is 0 Å². The number of aromatic amines is 1. The second-order valence-electron chi connectivity index (χ2n) is 8.10. The number of anilines is 1. The van der Waals surface area contributed by atoms with Gasteiger partial charge in [0.2, 0.25) is 0 Å². The molecule has 0 unspecified atom stereocenters. The van der Waals surface area contributed by atoms with E-state index in [4.69, 9.17) is 9.47 Å². The first-order chi connectivity index (χ1) is 16.6. The summed E-state index contributed by atoms with van der Waals surface area (Å²) in [6.07, 6.45) is 0.604. The van der Waals surface area contributed by atoms with Crippen LogP contribution in [-0.2, 0) is 16.0 Å². The molecule has 0 aliphatic heterocycles. The molecule has 0 aliphatic rings. The van der Waals surface area contributed by atoms with Gasteiger partial charge >= 0.3 is 17.6 Å². The van der Waals surface area contributed by atoms with Crippen LogP contribution in [0.5, 0.6) is 0 Å². The van der Waals surface area contributed by atoms with Crippen LogP contribution < -0.4 is 16.6 Å². The summed E-state index contributed by atoms with van der Waals surface area (Å²) in [6, 6.07) is 5.43. The predicted octanol–water partition coefficient (Wildman–Crippen LogP) is 2.44. The van der Waals surface area contributed by atoms with Gasteiger partial charge in [0.15, 0.2) is 5.65 Å². The number of nitrogens with one attached hydrogen (secondary N) is 2. The molecule has 2 N–H and O–H groups in total. The molecule has 3 aromatic rings. The molecule has 35 heavy (non-hydrogen) atoms. The van der Waals surface area contributed by atoms with E-state index in [1.165, 1.54) is 43.1 Å². The lowest BCUT2D eigenvalue weighted by molar-refractivity contribution is 0.0599. The van der Waals surface area contributed by atoms with Gasteiger partial charge in [-0.05, 0) is 36.6 Å². The van der Waals surface area contributed by atoms with Gasteiger partial charge < -0.3 is 14.8 Å². The number of nitrogens with zero attached hydrogens (tertiary/aromatic N) is 2. The highest BCUT2D eigenvalue weighted by molar-refractivity contribution is 6.12. The number of aromatic nitrogens is 3. The molecule has 0 saturated heterocycles. The highest BCUT2D eigenvalue weighted by atomic mass is 16.5. The second-order valence-corrected chi connectivity index (χ2v) is 8.10. The zero-order valence-corrected chi connectivity index (χ0v) is 20.1. The summed E-state index contributed by atoms with van der Waals surface area (Å²) < 4.78 is 10.8. The van der Waals surface area contributed by atoms with E-state index in [9.17, 15) is 24.0 Å². The largest absolute Gasteiger partial charge is 0.465 e. The van der Waals surface area contributed by atoms with Crippen molar-refractivity contribution in [2.24, 2.45) is 0 Å². The molecule has 0 bridgehead atoms. The minimum atomic E-state index is -0.746. The third-order valence-corrected chi connectivity index (χ3v) is 5.28. The number of amides is 1. The molecule has 0 atom stereocenters. The summed E-state index contributed by atoms with van der Waals surface area (Å²) in [5.74, 6) is -2.24. The van der Waals surface area contributed by atoms with Crippen molar-refractivity contribution in [3.8, 4) is 0 Å². The molecule has 1 amide bonds. The van der Waals surface area contributed by atoms with Gasteiger partial charge in [0.25, 0.3) is 11.5 Å². The van der Waals surface area contributed by atoms with Crippen molar-refractivity contribution < 1.29 is 23.9 Å². The number of fused-ring (bicyclic) bond motifs is 1. The maximum absolute atomic E-state index is 13.4. The zero-order chi connectivity index (χ0) is 25.9.